The van der Waals surface area contributed by atoms with Crippen molar-refractivity contribution in [1.82, 2.24) is 0 Å². The minimum absolute atomic E-state index is 0.204. The maximum atomic E-state index is 11.6. The van der Waals surface area contributed by atoms with E-state index in [2.05, 4.69) is 48.5 Å². The minimum atomic E-state index is -0.204. The van der Waals surface area contributed by atoms with Gasteiger partial charge < -0.3 is 4.74 Å². The third-order valence-corrected chi connectivity index (χ3v) is 4.18. The van der Waals surface area contributed by atoms with Gasteiger partial charge in [-0.15, -0.1) is 0 Å². The second-order valence-electron chi connectivity index (χ2n) is 5.33. The summed E-state index contributed by atoms with van der Waals surface area (Å²) < 4.78 is 4.81. The zero-order valence-electron chi connectivity index (χ0n) is 11.7. The molecule has 0 aliphatic carbocycles. The largest absolute Gasteiger partial charge is 0.469 e. The topological polar surface area (TPSA) is 26.3 Å². The molecular weight excluding hydrogens is 260 g/mol. The van der Waals surface area contributed by atoms with Crippen LogP contribution in [0.5, 0.6) is 0 Å². The average Bonchev–Trinajstić information content (AvgIpc) is 2.53. The standard InChI is InChI=1S/C19H14O2/c1-21-17(20)11-15-8-7-14-6-5-12-3-2-4-13-9-10-16(15)19(14)18(12)13/h2-10H,11H2,1H3. The van der Waals surface area contributed by atoms with Crippen LogP contribution < -0.4 is 0 Å². The number of esters is 1. The lowest BCUT2D eigenvalue weighted by Gasteiger charge is -2.13. The highest BCUT2D eigenvalue weighted by atomic mass is 16.5. The van der Waals surface area contributed by atoms with Crippen molar-refractivity contribution in [2.75, 3.05) is 7.11 Å². The molecule has 0 fully saturated rings. The van der Waals surface area contributed by atoms with Gasteiger partial charge in [0.05, 0.1) is 13.5 Å². The Balaban J connectivity index is 2.13. The molecule has 4 aromatic carbocycles. The van der Waals surface area contributed by atoms with Crippen LogP contribution >= 0.6 is 0 Å². The van der Waals surface area contributed by atoms with E-state index >= 15 is 0 Å². The lowest BCUT2D eigenvalue weighted by atomic mass is 9.91. The zero-order chi connectivity index (χ0) is 14.4. The first-order valence-electron chi connectivity index (χ1n) is 7.00. The molecule has 0 aliphatic heterocycles. The SMILES string of the molecule is COC(=O)Cc1ccc2ccc3cccc4ccc1c2c34. The number of rotatable bonds is 2. The molecule has 0 bridgehead atoms. The molecule has 0 unspecified atom stereocenters. The first-order chi connectivity index (χ1) is 10.3. The third-order valence-electron chi connectivity index (χ3n) is 4.18. The van der Waals surface area contributed by atoms with E-state index < -0.39 is 0 Å². The smallest absolute Gasteiger partial charge is 0.309 e. The van der Waals surface area contributed by atoms with E-state index in [1.54, 1.807) is 0 Å². The van der Waals surface area contributed by atoms with Gasteiger partial charge in [-0.25, -0.2) is 0 Å². The summed E-state index contributed by atoms with van der Waals surface area (Å²) in [5, 5.41) is 7.35. The van der Waals surface area contributed by atoms with Crippen molar-refractivity contribution < 1.29 is 9.53 Å². The highest BCUT2D eigenvalue weighted by molar-refractivity contribution is 6.23. The monoisotopic (exact) mass is 274 g/mol. The lowest BCUT2D eigenvalue weighted by Crippen LogP contribution is -2.05. The second-order valence-corrected chi connectivity index (χ2v) is 5.33. The Morgan fingerprint density at radius 3 is 2.19 bits per heavy atom. The van der Waals surface area contributed by atoms with E-state index in [0.29, 0.717) is 6.42 Å². The van der Waals surface area contributed by atoms with E-state index in [1.807, 2.05) is 6.07 Å². The quantitative estimate of drug-likeness (QED) is 0.402. The Kier molecular flexibility index (Phi) is 2.58. The summed E-state index contributed by atoms with van der Waals surface area (Å²) in [4.78, 5) is 11.6. The molecule has 0 aliphatic rings. The van der Waals surface area contributed by atoms with E-state index in [4.69, 9.17) is 4.74 Å². The Morgan fingerprint density at radius 2 is 1.48 bits per heavy atom. The van der Waals surface area contributed by atoms with E-state index in [0.717, 1.165) is 10.9 Å². The van der Waals surface area contributed by atoms with Crippen LogP contribution in [-0.4, -0.2) is 13.1 Å². The van der Waals surface area contributed by atoms with Crippen molar-refractivity contribution in [1.29, 1.82) is 0 Å². The van der Waals surface area contributed by atoms with Crippen LogP contribution in [-0.2, 0) is 16.0 Å². The van der Waals surface area contributed by atoms with Crippen molar-refractivity contribution in [3.63, 3.8) is 0 Å². The molecule has 0 spiro atoms. The van der Waals surface area contributed by atoms with Crippen molar-refractivity contribution in [3.8, 4) is 0 Å². The average molecular weight is 274 g/mol. The molecule has 102 valence electrons. The predicted molar refractivity (Wildman–Crippen MR) is 85.9 cm³/mol. The Hall–Kier alpha value is -2.61. The van der Waals surface area contributed by atoms with Crippen LogP contribution in [0.15, 0.2) is 54.6 Å². The van der Waals surface area contributed by atoms with Gasteiger partial charge in [0, 0.05) is 0 Å². The lowest BCUT2D eigenvalue weighted by molar-refractivity contribution is -0.139. The highest BCUT2D eigenvalue weighted by Crippen LogP contribution is 2.35. The molecule has 21 heavy (non-hydrogen) atoms. The summed E-state index contributed by atoms with van der Waals surface area (Å²) in [5.41, 5.74) is 1.02. The third kappa shape index (κ3) is 1.76. The van der Waals surface area contributed by atoms with Gasteiger partial charge in [0.15, 0.2) is 0 Å². The van der Waals surface area contributed by atoms with Crippen molar-refractivity contribution in [2.24, 2.45) is 0 Å². The van der Waals surface area contributed by atoms with Crippen LogP contribution in [0.2, 0.25) is 0 Å². The molecular formula is C19H14O2. The summed E-state index contributed by atoms with van der Waals surface area (Å²) in [7, 11) is 1.43. The summed E-state index contributed by atoms with van der Waals surface area (Å²) >= 11 is 0. The molecule has 0 radical (unpaired) electrons. The Morgan fingerprint density at radius 1 is 0.857 bits per heavy atom. The van der Waals surface area contributed by atoms with Gasteiger partial charge in [-0.1, -0.05) is 54.6 Å². The van der Waals surface area contributed by atoms with Gasteiger partial charge in [-0.05, 0) is 37.9 Å². The van der Waals surface area contributed by atoms with Crippen LogP contribution in [0.3, 0.4) is 0 Å². The first-order valence-corrected chi connectivity index (χ1v) is 7.00. The summed E-state index contributed by atoms with van der Waals surface area (Å²) in [5.74, 6) is -0.204. The van der Waals surface area contributed by atoms with Gasteiger partial charge in [-0.2, -0.15) is 0 Å². The van der Waals surface area contributed by atoms with Gasteiger partial charge in [0.1, 0.15) is 0 Å². The summed E-state index contributed by atoms with van der Waals surface area (Å²) in [6.07, 6.45) is 0.310. The molecule has 0 atom stereocenters. The first kappa shape index (κ1) is 12.2. The van der Waals surface area contributed by atoms with Crippen LogP contribution in [0, 0.1) is 0 Å². The number of ether oxygens (including phenoxy) is 1. The fraction of sp³-hybridized carbons (Fsp3) is 0.105. The summed E-state index contributed by atoms with van der Waals surface area (Å²) in [6, 6.07) is 19.0. The molecule has 0 N–H and O–H groups in total. The molecule has 0 saturated carbocycles. The van der Waals surface area contributed by atoms with Gasteiger partial charge in [-0.3, -0.25) is 4.79 Å². The van der Waals surface area contributed by atoms with Crippen molar-refractivity contribution in [3.05, 3.63) is 60.2 Å². The molecule has 4 aromatic rings. The van der Waals surface area contributed by atoms with Crippen molar-refractivity contribution in [2.45, 2.75) is 6.42 Å². The number of hydrogen-bond donors (Lipinski definition) is 0. The maximum absolute atomic E-state index is 11.6. The Bertz CT molecular complexity index is 953. The van der Waals surface area contributed by atoms with Gasteiger partial charge in [0.2, 0.25) is 0 Å². The van der Waals surface area contributed by atoms with Gasteiger partial charge >= 0.3 is 5.97 Å². The van der Waals surface area contributed by atoms with Crippen LogP contribution in [0.4, 0.5) is 0 Å². The Labute approximate surface area is 122 Å². The fourth-order valence-corrected chi connectivity index (χ4v) is 3.18. The summed E-state index contributed by atoms with van der Waals surface area (Å²) in [6.45, 7) is 0. The fourth-order valence-electron chi connectivity index (χ4n) is 3.18. The predicted octanol–water partition coefficient (Wildman–Crippen LogP) is 4.30. The molecule has 0 amide bonds. The van der Waals surface area contributed by atoms with Crippen LogP contribution in [0.1, 0.15) is 5.56 Å². The van der Waals surface area contributed by atoms with E-state index in [-0.39, 0.29) is 5.97 Å². The maximum Gasteiger partial charge on any atom is 0.309 e. The molecule has 0 heterocycles. The van der Waals surface area contributed by atoms with Crippen molar-refractivity contribution >= 4 is 38.3 Å². The zero-order valence-corrected chi connectivity index (χ0v) is 11.7. The number of carbonyl (C=O) groups is 1. The van der Waals surface area contributed by atoms with E-state index in [9.17, 15) is 4.79 Å². The molecule has 4 rings (SSSR count). The molecule has 2 nitrogen and oxygen atoms in total. The van der Waals surface area contributed by atoms with Gasteiger partial charge in [0.25, 0.3) is 0 Å². The van der Waals surface area contributed by atoms with Crippen LogP contribution in [0.25, 0.3) is 32.3 Å². The molecule has 2 heteroatoms. The minimum Gasteiger partial charge on any atom is -0.469 e. The number of methoxy groups -OCH3 is 1. The number of benzene rings is 4. The molecule has 0 aromatic heterocycles. The van der Waals surface area contributed by atoms with E-state index in [1.165, 1.54) is 34.0 Å². The molecule has 0 saturated heterocycles. The highest BCUT2D eigenvalue weighted by Gasteiger charge is 2.12. The normalized spacial score (nSPS) is 11.5. The number of carbonyl (C=O) groups excluding carboxylic acids is 1. The number of hydrogen-bond acceptors (Lipinski definition) is 2. The second kappa shape index (κ2) is 4.45.